The minimum atomic E-state index is 0.112. The lowest BCUT2D eigenvalue weighted by Gasteiger charge is -2.06. The van der Waals surface area contributed by atoms with Crippen LogP contribution in [0.3, 0.4) is 0 Å². The van der Waals surface area contributed by atoms with Gasteiger partial charge in [-0.1, -0.05) is 29.8 Å². The quantitative estimate of drug-likeness (QED) is 0.462. The van der Waals surface area contributed by atoms with E-state index in [2.05, 4.69) is 15.8 Å². The number of hydrazone groups is 1. The minimum Gasteiger partial charge on any atom is -0.508 e. The van der Waals surface area contributed by atoms with Crippen molar-refractivity contribution < 1.29 is 5.11 Å². The molecule has 0 aromatic heterocycles. The highest BCUT2D eigenvalue weighted by atomic mass is 35.5. The van der Waals surface area contributed by atoms with Crippen molar-refractivity contribution in [1.29, 1.82) is 0 Å². The van der Waals surface area contributed by atoms with E-state index >= 15 is 0 Å². The first-order valence-electron chi connectivity index (χ1n) is 5.79. The van der Waals surface area contributed by atoms with Crippen molar-refractivity contribution in [2.75, 3.05) is 5.32 Å². The maximum absolute atomic E-state index is 9.24. The number of para-hydroxylation sites is 1. The van der Waals surface area contributed by atoms with E-state index < -0.39 is 0 Å². The molecule has 102 valence electrons. The summed E-state index contributed by atoms with van der Waals surface area (Å²) in [6.07, 6.45) is 1.53. The SMILES string of the molecule is Oc1ccc(/C=N/NC(=S)Nc2ccccc2)c(Cl)c1. The third-order valence-corrected chi connectivity index (χ3v) is 2.91. The summed E-state index contributed by atoms with van der Waals surface area (Å²) in [6, 6.07) is 14.2. The van der Waals surface area contributed by atoms with Crippen LogP contribution in [0, 0.1) is 0 Å². The third kappa shape index (κ3) is 4.22. The van der Waals surface area contributed by atoms with Crippen LogP contribution >= 0.6 is 23.8 Å². The van der Waals surface area contributed by atoms with Gasteiger partial charge < -0.3 is 10.4 Å². The molecule has 3 N–H and O–H groups in total. The van der Waals surface area contributed by atoms with E-state index in [1.807, 2.05) is 30.3 Å². The standard InChI is InChI=1S/C14H12ClN3OS/c15-13-8-12(19)7-6-10(13)9-16-18-14(20)17-11-4-2-1-3-5-11/h1-9,19H,(H2,17,18,20)/b16-9+. The van der Waals surface area contributed by atoms with Crippen LogP contribution in [0.25, 0.3) is 0 Å². The van der Waals surface area contributed by atoms with Gasteiger partial charge in [0.15, 0.2) is 5.11 Å². The number of halogens is 1. The highest BCUT2D eigenvalue weighted by Gasteiger charge is 1.99. The van der Waals surface area contributed by atoms with Crippen LogP contribution in [0.2, 0.25) is 5.02 Å². The van der Waals surface area contributed by atoms with Gasteiger partial charge in [-0.3, -0.25) is 5.43 Å². The normalized spacial score (nSPS) is 10.4. The van der Waals surface area contributed by atoms with Gasteiger partial charge in [0.1, 0.15) is 5.75 Å². The van der Waals surface area contributed by atoms with Crippen molar-refractivity contribution in [2.24, 2.45) is 5.10 Å². The zero-order valence-corrected chi connectivity index (χ0v) is 11.9. The number of hydrogen-bond donors (Lipinski definition) is 3. The van der Waals surface area contributed by atoms with Gasteiger partial charge in [0, 0.05) is 11.3 Å². The number of phenols is 1. The molecule has 0 fully saturated rings. The Morgan fingerprint density at radius 1 is 1.20 bits per heavy atom. The molecule has 2 aromatic carbocycles. The van der Waals surface area contributed by atoms with Crippen LogP contribution in [-0.4, -0.2) is 16.4 Å². The Labute approximate surface area is 127 Å². The molecule has 0 aliphatic heterocycles. The van der Waals surface area contributed by atoms with Gasteiger partial charge in [0.05, 0.1) is 11.2 Å². The number of benzene rings is 2. The first-order chi connectivity index (χ1) is 9.65. The number of anilines is 1. The summed E-state index contributed by atoms with van der Waals surface area (Å²) in [5, 5.41) is 17.0. The first kappa shape index (κ1) is 14.3. The summed E-state index contributed by atoms with van der Waals surface area (Å²) in [5.41, 5.74) is 4.25. The van der Waals surface area contributed by atoms with Crippen LogP contribution < -0.4 is 10.7 Å². The van der Waals surface area contributed by atoms with E-state index in [4.69, 9.17) is 23.8 Å². The first-order valence-corrected chi connectivity index (χ1v) is 6.57. The highest BCUT2D eigenvalue weighted by Crippen LogP contribution is 2.19. The monoisotopic (exact) mass is 305 g/mol. The smallest absolute Gasteiger partial charge is 0.191 e. The molecule has 0 atom stereocenters. The molecular weight excluding hydrogens is 294 g/mol. The van der Waals surface area contributed by atoms with Crippen molar-refractivity contribution in [3.8, 4) is 5.75 Å². The van der Waals surface area contributed by atoms with Crippen molar-refractivity contribution >= 4 is 40.8 Å². The van der Waals surface area contributed by atoms with Crippen molar-refractivity contribution in [3.05, 3.63) is 59.1 Å². The Morgan fingerprint density at radius 3 is 2.65 bits per heavy atom. The van der Waals surface area contributed by atoms with E-state index in [9.17, 15) is 5.11 Å². The van der Waals surface area contributed by atoms with Gasteiger partial charge in [-0.05, 0) is 42.5 Å². The largest absolute Gasteiger partial charge is 0.508 e. The molecule has 0 amide bonds. The van der Waals surface area contributed by atoms with E-state index in [1.54, 1.807) is 6.07 Å². The van der Waals surface area contributed by atoms with Crippen LogP contribution in [0.1, 0.15) is 5.56 Å². The summed E-state index contributed by atoms with van der Waals surface area (Å²) < 4.78 is 0. The molecule has 0 aliphatic carbocycles. The number of rotatable bonds is 3. The third-order valence-electron chi connectivity index (χ3n) is 2.39. The van der Waals surface area contributed by atoms with Gasteiger partial charge in [-0.25, -0.2) is 0 Å². The molecule has 2 rings (SSSR count). The lowest BCUT2D eigenvalue weighted by molar-refractivity contribution is 0.475. The van der Waals surface area contributed by atoms with E-state index in [0.29, 0.717) is 15.7 Å². The number of nitrogens with zero attached hydrogens (tertiary/aromatic N) is 1. The van der Waals surface area contributed by atoms with Gasteiger partial charge >= 0.3 is 0 Å². The Morgan fingerprint density at radius 2 is 1.95 bits per heavy atom. The van der Waals surface area contributed by atoms with Gasteiger partial charge in [-0.2, -0.15) is 5.10 Å². The molecule has 6 heteroatoms. The predicted octanol–water partition coefficient (Wildman–Crippen LogP) is 3.37. The zero-order valence-electron chi connectivity index (χ0n) is 10.4. The lowest BCUT2D eigenvalue weighted by atomic mass is 10.2. The number of phenolic OH excluding ortho intramolecular Hbond substituents is 1. The van der Waals surface area contributed by atoms with E-state index in [-0.39, 0.29) is 5.75 Å². The second-order valence-corrected chi connectivity index (χ2v) is 4.71. The zero-order chi connectivity index (χ0) is 14.4. The summed E-state index contributed by atoms with van der Waals surface area (Å²) in [5.74, 6) is 0.112. The molecule has 0 heterocycles. The van der Waals surface area contributed by atoms with Crippen LogP contribution in [-0.2, 0) is 0 Å². The molecule has 2 aromatic rings. The molecule has 20 heavy (non-hydrogen) atoms. The second kappa shape index (κ2) is 6.88. The van der Waals surface area contributed by atoms with Crippen molar-refractivity contribution in [1.82, 2.24) is 5.43 Å². The molecule has 0 saturated carbocycles. The fourth-order valence-corrected chi connectivity index (χ4v) is 1.86. The number of aromatic hydroxyl groups is 1. The molecule has 0 aliphatic rings. The minimum absolute atomic E-state index is 0.112. The predicted molar refractivity (Wildman–Crippen MR) is 86.5 cm³/mol. The maximum Gasteiger partial charge on any atom is 0.191 e. The molecular formula is C14H12ClN3OS. The summed E-state index contributed by atoms with van der Waals surface area (Å²) >= 11 is 11.0. The number of thiocarbonyl (C=S) groups is 1. The molecule has 0 unspecified atom stereocenters. The van der Waals surface area contributed by atoms with Crippen molar-refractivity contribution in [2.45, 2.75) is 0 Å². The summed E-state index contributed by atoms with van der Waals surface area (Å²) in [4.78, 5) is 0. The van der Waals surface area contributed by atoms with Gasteiger partial charge in [0.25, 0.3) is 0 Å². The average Bonchev–Trinajstić information content (AvgIpc) is 2.42. The Kier molecular flexibility index (Phi) is 4.92. The Balaban J connectivity index is 1.91. The van der Waals surface area contributed by atoms with Crippen LogP contribution in [0.5, 0.6) is 5.75 Å². The Bertz CT molecular complexity index is 632. The second-order valence-electron chi connectivity index (χ2n) is 3.90. The van der Waals surface area contributed by atoms with E-state index in [1.165, 1.54) is 18.3 Å². The van der Waals surface area contributed by atoms with Gasteiger partial charge in [0.2, 0.25) is 0 Å². The van der Waals surface area contributed by atoms with Gasteiger partial charge in [-0.15, -0.1) is 0 Å². The maximum atomic E-state index is 9.24. The fraction of sp³-hybridized carbons (Fsp3) is 0. The highest BCUT2D eigenvalue weighted by molar-refractivity contribution is 7.80. The van der Waals surface area contributed by atoms with Crippen LogP contribution in [0.4, 0.5) is 5.69 Å². The Hall–Kier alpha value is -2.11. The summed E-state index contributed by atoms with van der Waals surface area (Å²) in [6.45, 7) is 0. The molecule has 4 nitrogen and oxygen atoms in total. The lowest BCUT2D eigenvalue weighted by Crippen LogP contribution is -2.23. The molecule has 0 saturated heterocycles. The molecule has 0 bridgehead atoms. The van der Waals surface area contributed by atoms with E-state index in [0.717, 1.165) is 5.69 Å². The molecule has 0 radical (unpaired) electrons. The van der Waals surface area contributed by atoms with Crippen LogP contribution in [0.15, 0.2) is 53.6 Å². The van der Waals surface area contributed by atoms with Crippen molar-refractivity contribution in [3.63, 3.8) is 0 Å². The number of nitrogens with one attached hydrogen (secondary N) is 2. The molecule has 0 spiro atoms. The fourth-order valence-electron chi connectivity index (χ4n) is 1.46. The number of hydrogen-bond acceptors (Lipinski definition) is 3. The summed E-state index contributed by atoms with van der Waals surface area (Å²) in [7, 11) is 0. The topological polar surface area (TPSA) is 56.7 Å². The average molecular weight is 306 g/mol.